The molecule has 0 aliphatic heterocycles. The Bertz CT molecular complexity index is 1320. The van der Waals surface area contributed by atoms with Crippen molar-refractivity contribution in [1.29, 1.82) is 0 Å². The summed E-state index contributed by atoms with van der Waals surface area (Å²) in [5.41, 5.74) is 0.949. The molecule has 0 heterocycles. The fourth-order valence-electron chi connectivity index (χ4n) is 2.65. The summed E-state index contributed by atoms with van der Waals surface area (Å²) >= 11 is 17.1. The number of amides is 1. The van der Waals surface area contributed by atoms with Gasteiger partial charge in [-0.1, -0.05) is 41.4 Å². The number of benzene rings is 3. The van der Waals surface area contributed by atoms with E-state index in [1.54, 1.807) is 13.0 Å². The highest BCUT2D eigenvalue weighted by Crippen LogP contribution is 2.29. The van der Waals surface area contributed by atoms with E-state index in [-0.39, 0.29) is 26.3 Å². The Hall–Kier alpha value is -2.72. The van der Waals surface area contributed by atoms with E-state index in [1.165, 1.54) is 48.5 Å². The van der Waals surface area contributed by atoms with Gasteiger partial charge < -0.3 is 5.32 Å². The summed E-state index contributed by atoms with van der Waals surface area (Å²) in [5.74, 6) is -1.43. The number of aryl methyl sites for hydroxylation is 1. The van der Waals surface area contributed by atoms with E-state index in [1.807, 2.05) is 0 Å². The van der Waals surface area contributed by atoms with Gasteiger partial charge in [-0.25, -0.2) is 12.8 Å². The third-order valence-corrected chi connectivity index (χ3v) is 6.42. The van der Waals surface area contributed by atoms with Gasteiger partial charge in [-0.2, -0.15) is 0 Å². The second kappa shape index (κ2) is 9.83. The van der Waals surface area contributed by atoms with E-state index >= 15 is 0 Å². The van der Waals surface area contributed by atoms with Crippen LogP contribution in [0.5, 0.6) is 0 Å². The molecular formula is C21H16Cl2FN3O3S2. The molecule has 166 valence electrons. The van der Waals surface area contributed by atoms with Crippen LogP contribution in [0.2, 0.25) is 10.0 Å². The summed E-state index contributed by atoms with van der Waals surface area (Å²) < 4.78 is 41.8. The fraction of sp³-hybridized carbons (Fsp3) is 0.0476. The molecule has 0 aromatic heterocycles. The largest absolute Gasteiger partial charge is 0.332 e. The van der Waals surface area contributed by atoms with Crippen molar-refractivity contribution in [3.05, 3.63) is 87.7 Å². The van der Waals surface area contributed by atoms with E-state index in [0.717, 1.165) is 6.07 Å². The number of rotatable bonds is 5. The van der Waals surface area contributed by atoms with Gasteiger partial charge in [-0.05, 0) is 67.2 Å². The van der Waals surface area contributed by atoms with Crippen molar-refractivity contribution in [2.75, 3.05) is 10.0 Å². The normalized spacial score (nSPS) is 11.0. The summed E-state index contributed by atoms with van der Waals surface area (Å²) in [4.78, 5) is 12.2. The number of hydrogen-bond acceptors (Lipinski definition) is 4. The maximum Gasteiger partial charge on any atom is 0.262 e. The first kappa shape index (κ1) is 23.9. The predicted octanol–water partition coefficient (Wildman–Crippen LogP) is 5.37. The Kier molecular flexibility index (Phi) is 7.35. The van der Waals surface area contributed by atoms with Gasteiger partial charge in [0.05, 0.1) is 21.2 Å². The maximum absolute atomic E-state index is 13.8. The minimum atomic E-state index is -4.01. The van der Waals surface area contributed by atoms with Crippen molar-refractivity contribution in [3.63, 3.8) is 0 Å². The molecule has 11 heteroatoms. The van der Waals surface area contributed by atoms with Gasteiger partial charge in [0.2, 0.25) is 0 Å². The molecule has 0 saturated heterocycles. The van der Waals surface area contributed by atoms with Crippen molar-refractivity contribution in [2.24, 2.45) is 0 Å². The monoisotopic (exact) mass is 511 g/mol. The summed E-state index contributed by atoms with van der Waals surface area (Å²) in [7, 11) is -4.01. The van der Waals surface area contributed by atoms with Crippen molar-refractivity contribution >= 4 is 67.8 Å². The lowest BCUT2D eigenvalue weighted by Crippen LogP contribution is -2.34. The van der Waals surface area contributed by atoms with E-state index in [2.05, 4.69) is 15.4 Å². The number of carbonyl (C=O) groups excluding carboxylic acids is 1. The highest BCUT2D eigenvalue weighted by Gasteiger charge is 2.18. The third-order valence-electron chi connectivity index (χ3n) is 4.29. The molecule has 3 N–H and O–H groups in total. The van der Waals surface area contributed by atoms with E-state index in [0.29, 0.717) is 16.3 Å². The first-order chi connectivity index (χ1) is 15.1. The number of halogens is 3. The molecule has 0 bridgehead atoms. The first-order valence-corrected chi connectivity index (χ1v) is 11.7. The average molecular weight is 512 g/mol. The molecule has 0 aliphatic rings. The van der Waals surface area contributed by atoms with Crippen LogP contribution in [0.3, 0.4) is 0 Å². The number of thiocarbonyl (C=S) groups is 1. The minimum absolute atomic E-state index is 0.0788. The molecule has 3 aromatic rings. The van der Waals surface area contributed by atoms with Gasteiger partial charge in [-0.15, -0.1) is 0 Å². The lowest BCUT2D eigenvalue weighted by molar-refractivity contribution is 0.0974. The van der Waals surface area contributed by atoms with Gasteiger partial charge in [-0.3, -0.25) is 14.8 Å². The summed E-state index contributed by atoms with van der Waals surface area (Å²) in [5, 5.41) is 5.51. The Morgan fingerprint density at radius 2 is 1.72 bits per heavy atom. The third kappa shape index (κ3) is 5.74. The molecule has 3 rings (SSSR count). The zero-order chi connectivity index (χ0) is 23.5. The number of hydrogen-bond donors (Lipinski definition) is 3. The number of nitrogens with one attached hydrogen (secondary N) is 3. The Morgan fingerprint density at radius 1 is 1.00 bits per heavy atom. The number of carbonyl (C=O) groups is 1. The SMILES string of the molecule is Cc1ccc(S(=O)(=O)Nc2cc(Cl)ccc2Cl)cc1NC(=S)NC(=O)c1ccccc1F. The Balaban J connectivity index is 1.79. The fourth-order valence-corrected chi connectivity index (χ4v) is 4.34. The topological polar surface area (TPSA) is 87.3 Å². The van der Waals surface area contributed by atoms with Crippen LogP contribution in [0, 0.1) is 12.7 Å². The van der Waals surface area contributed by atoms with Crippen molar-refractivity contribution in [3.8, 4) is 0 Å². The van der Waals surface area contributed by atoms with Crippen LogP contribution in [-0.4, -0.2) is 19.4 Å². The molecule has 0 radical (unpaired) electrons. The summed E-state index contributed by atoms with van der Waals surface area (Å²) in [6.07, 6.45) is 0. The smallest absolute Gasteiger partial charge is 0.262 e. The second-order valence-corrected chi connectivity index (χ2v) is 9.53. The van der Waals surface area contributed by atoms with Gasteiger partial charge in [0, 0.05) is 10.7 Å². The standard InChI is InChI=1S/C21H16Cl2FN3O3S2/c1-12-6-8-14(32(29,30)27-19-10-13(22)7-9-16(19)23)11-18(12)25-21(31)26-20(28)15-4-2-3-5-17(15)24/h2-11,27H,1H3,(H2,25,26,28,31). The molecular weight excluding hydrogens is 496 g/mol. The molecule has 3 aromatic carbocycles. The van der Waals surface area contributed by atoms with Crippen LogP contribution in [-0.2, 0) is 10.0 Å². The molecule has 0 unspecified atom stereocenters. The summed E-state index contributed by atoms with van der Waals surface area (Å²) in [6, 6.07) is 14.2. The quantitative estimate of drug-likeness (QED) is 0.401. The molecule has 0 saturated carbocycles. The van der Waals surface area contributed by atoms with Crippen molar-refractivity contribution in [2.45, 2.75) is 11.8 Å². The molecule has 0 aliphatic carbocycles. The van der Waals surface area contributed by atoms with Crippen LogP contribution >= 0.6 is 35.4 Å². The molecule has 1 amide bonds. The van der Waals surface area contributed by atoms with E-state index in [4.69, 9.17) is 35.4 Å². The van der Waals surface area contributed by atoms with Crippen molar-refractivity contribution in [1.82, 2.24) is 5.32 Å². The Morgan fingerprint density at radius 3 is 2.44 bits per heavy atom. The summed E-state index contributed by atoms with van der Waals surface area (Å²) in [6.45, 7) is 1.72. The number of sulfonamides is 1. The zero-order valence-electron chi connectivity index (χ0n) is 16.4. The molecule has 32 heavy (non-hydrogen) atoms. The first-order valence-electron chi connectivity index (χ1n) is 9.02. The van der Waals surface area contributed by atoms with Crippen LogP contribution in [0.25, 0.3) is 0 Å². The van der Waals surface area contributed by atoms with Gasteiger partial charge >= 0.3 is 0 Å². The highest BCUT2D eigenvalue weighted by molar-refractivity contribution is 7.92. The molecule has 0 fully saturated rings. The number of anilines is 2. The maximum atomic E-state index is 13.8. The molecule has 0 atom stereocenters. The van der Waals surface area contributed by atoms with Crippen LogP contribution in [0.15, 0.2) is 65.6 Å². The van der Waals surface area contributed by atoms with Crippen LogP contribution < -0.4 is 15.4 Å². The van der Waals surface area contributed by atoms with Gasteiger partial charge in [0.25, 0.3) is 15.9 Å². The molecule has 0 spiro atoms. The Labute approximate surface area is 199 Å². The van der Waals surface area contributed by atoms with Crippen LogP contribution in [0.4, 0.5) is 15.8 Å². The van der Waals surface area contributed by atoms with Gasteiger partial charge in [0.1, 0.15) is 5.82 Å². The minimum Gasteiger partial charge on any atom is -0.332 e. The highest BCUT2D eigenvalue weighted by atomic mass is 35.5. The average Bonchev–Trinajstić information content (AvgIpc) is 2.72. The lowest BCUT2D eigenvalue weighted by atomic mass is 10.2. The second-order valence-electron chi connectivity index (χ2n) is 6.59. The van der Waals surface area contributed by atoms with E-state index in [9.17, 15) is 17.6 Å². The predicted molar refractivity (Wildman–Crippen MR) is 129 cm³/mol. The molecule has 6 nitrogen and oxygen atoms in total. The van der Waals surface area contributed by atoms with Crippen LogP contribution in [0.1, 0.15) is 15.9 Å². The van der Waals surface area contributed by atoms with E-state index < -0.39 is 21.7 Å². The zero-order valence-corrected chi connectivity index (χ0v) is 19.6. The lowest BCUT2D eigenvalue weighted by Gasteiger charge is -2.15. The van der Waals surface area contributed by atoms with Gasteiger partial charge in [0.15, 0.2) is 5.11 Å². The van der Waals surface area contributed by atoms with Crippen molar-refractivity contribution < 1.29 is 17.6 Å².